The van der Waals surface area contributed by atoms with E-state index in [2.05, 4.69) is 31.2 Å². The monoisotopic (exact) mass is 210 g/mol. The molecule has 1 heteroatoms. The number of hydrogen-bond acceptors (Lipinski definition) is 1. The second kappa shape index (κ2) is 3.67. The standard InChI is InChI=1S/C15H14O/c1-11-10-12-6-2-4-8-14(12)16-15-9-5-3-7-13(11)15/h2-9,11H,10H2,1H3. The molecule has 0 amide bonds. The van der Waals surface area contributed by atoms with Crippen LogP contribution in [0.25, 0.3) is 0 Å². The molecule has 0 spiro atoms. The van der Waals surface area contributed by atoms with Gasteiger partial charge in [0, 0.05) is 0 Å². The summed E-state index contributed by atoms with van der Waals surface area (Å²) in [4.78, 5) is 0. The molecular weight excluding hydrogens is 196 g/mol. The maximum Gasteiger partial charge on any atom is 0.130 e. The molecule has 0 fully saturated rings. The Balaban J connectivity index is 2.15. The average molecular weight is 210 g/mol. The molecule has 2 aromatic carbocycles. The molecule has 3 rings (SSSR count). The highest BCUT2D eigenvalue weighted by molar-refractivity contribution is 5.46. The fourth-order valence-corrected chi connectivity index (χ4v) is 2.31. The lowest BCUT2D eigenvalue weighted by molar-refractivity contribution is 0.478. The first-order valence-electron chi connectivity index (χ1n) is 5.69. The molecule has 1 nitrogen and oxygen atoms in total. The van der Waals surface area contributed by atoms with Crippen molar-refractivity contribution in [1.82, 2.24) is 0 Å². The van der Waals surface area contributed by atoms with Gasteiger partial charge in [-0.25, -0.2) is 0 Å². The third-order valence-electron chi connectivity index (χ3n) is 3.17. The first-order chi connectivity index (χ1) is 7.84. The molecule has 1 atom stereocenters. The SMILES string of the molecule is CC1Cc2ccccc2Oc2ccccc21. The van der Waals surface area contributed by atoms with E-state index in [1.54, 1.807) is 0 Å². The Morgan fingerprint density at radius 3 is 2.50 bits per heavy atom. The fourth-order valence-electron chi connectivity index (χ4n) is 2.31. The van der Waals surface area contributed by atoms with Crippen molar-refractivity contribution in [3.63, 3.8) is 0 Å². The second-order valence-corrected chi connectivity index (χ2v) is 4.35. The van der Waals surface area contributed by atoms with Crippen molar-refractivity contribution in [3.05, 3.63) is 59.7 Å². The number of fused-ring (bicyclic) bond motifs is 2. The Morgan fingerprint density at radius 1 is 0.938 bits per heavy atom. The van der Waals surface area contributed by atoms with Gasteiger partial charge in [0.1, 0.15) is 11.5 Å². The van der Waals surface area contributed by atoms with E-state index in [-0.39, 0.29) is 0 Å². The summed E-state index contributed by atoms with van der Waals surface area (Å²) in [6.07, 6.45) is 1.05. The van der Waals surface area contributed by atoms with Gasteiger partial charge in [0.25, 0.3) is 0 Å². The normalized spacial score (nSPS) is 17.9. The van der Waals surface area contributed by atoms with Crippen molar-refractivity contribution in [2.24, 2.45) is 0 Å². The van der Waals surface area contributed by atoms with Crippen LogP contribution in [0.3, 0.4) is 0 Å². The Labute approximate surface area is 95.7 Å². The van der Waals surface area contributed by atoms with Gasteiger partial charge in [0.15, 0.2) is 0 Å². The molecule has 0 radical (unpaired) electrons. The summed E-state index contributed by atoms with van der Waals surface area (Å²) in [5.41, 5.74) is 2.60. The van der Waals surface area contributed by atoms with Gasteiger partial charge in [0.2, 0.25) is 0 Å². The van der Waals surface area contributed by atoms with Crippen LogP contribution in [0.15, 0.2) is 48.5 Å². The summed E-state index contributed by atoms with van der Waals surface area (Å²) in [5.74, 6) is 2.51. The van der Waals surface area contributed by atoms with E-state index >= 15 is 0 Å². The van der Waals surface area contributed by atoms with Gasteiger partial charge >= 0.3 is 0 Å². The summed E-state index contributed by atoms with van der Waals surface area (Å²) in [6, 6.07) is 16.6. The number of ether oxygens (including phenoxy) is 1. The lowest BCUT2D eigenvalue weighted by atomic mass is 9.94. The van der Waals surface area contributed by atoms with Crippen LogP contribution in [0.2, 0.25) is 0 Å². The highest BCUT2D eigenvalue weighted by Gasteiger charge is 2.19. The van der Waals surface area contributed by atoms with Crippen LogP contribution in [0.5, 0.6) is 11.5 Å². The number of benzene rings is 2. The Bertz CT molecular complexity index is 516. The van der Waals surface area contributed by atoms with Crippen molar-refractivity contribution >= 4 is 0 Å². The van der Waals surface area contributed by atoms with Gasteiger partial charge < -0.3 is 4.74 Å². The largest absolute Gasteiger partial charge is 0.457 e. The van der Waals surface area contributed by atoms with E-state index in [1.807, 2.05) is 24.3 Å². The van der Waals surface area contributed by atoms with E-state index in [9.17, 15) is 0 Å². The summed E-state index contributed by atoms with van der Waals surface area (Å²) in [6.45, 7) is 2.25. The Hall–Kier alpha value is -1.76. The van der Waals surface area contributed by atoms with E-state index in [1.165, 1.54) is 11.1 Å². The molecule has 1 heterocycles. The van der Waals surface area contributed by atoms with Crippen LogP contribution < -0.4 is 4.74 Å². The molecule has 0 bridgehead atoms. The van der Waals surface area contributed by atoms with Crippen molar-refractivity contribution in [3.8, 4) is 11.5 Å². The zero-order valence-electron chi connectivity index (χ0n) is 9.31. The molecule has 16 heavy (non-hydrogen) atoms. The molecule has 1 unspecified atom stereocenters. The van der Waals surface area contributed by atoms with Crippen LogP contribution in [0, 0.1) is 0 Å². The van der Waals surface area contributed by atoms with Crippen molar-refractivity contribution < 1.29 is 4.74 Å². The molecule has 1 aliphatic rings. The fraction of sp³-hybridized carbons (Fsp3) is 0.200. The zero-order valence-corrected chi connectivity index (χ0v) is 9.31. The highest BCUT2D eigenvalue weighted by Crippen LogP contribution is 2.38. The highest BCUT2D eigenvalue weighted by atomic mass is 16.5. The molecule has 0 saturated carbocycles. The Kier molecular flexibility index (Phi) is 2.17. The summed E-state index contributed by atoms with van der Waals surface area (Å²) in [7, 11) is 0. The van der Waals surface area contributed by atoms with Crippen molar-refractivity contribution in [1.29, 1.82) is 0 Å². The third kappa shape index (κ3) is 1.49. The van der Waals surface area contributed by atoms with Crippen LogP contribution >= 0.6 is 0 Å². The lowest BCUT2D eigenvalue weighted by Gasteiger charge is -2.10. The molecular formula is C15H14O. The van der Waals surface area contributed by atoms with E-state index in [4.69, 9.17) is 4.74 Å². The first kappa shape index (κ1) is 9.46. The minimum atomic E-state index is 0.514. The molecule has 80 valence electrons. The van der Waals surface area contributed by atoms with Gasteiger partial charge in [-0.05, 0) is 35.6 Å². The van der Waals surface area contributed by atoms with Gasteiger partial charge in [-0.3, -0.25) is 0 Å². The minimum absolute atomic E-state index is 0.514. The molecule has 0 N–H and O–H groups in total. The zero-order chi connectivity index (χ0) is 11.0. The molecule has 0 saturated heterocycles. The van der Waals surface area contributed by atoms with E-state index in [0.29, 0.717) is 5.92 Å². The maximum atomic E-state index is 5.97. The summed E-state index contributed by atoms with van der Waals surface area (Å²) < 4.78 is 5.97. The predicted octanol–water partition coefficient (Wildman–Crippen LogP) is 4.14. The lowest BCUT2D eigenvalue weighted by Crippen LogP contribution is -1.95. The van der Waals surface area contributed by atoms with Crippen molar-refractivity contribution in [2.75, 3.05) is 0 Å². The molecule has 0 aliphatic carbocycles. The van der Waals surface area contributed by atoms with Crippen LogP contribution in [-0.2, 0) is 6.42 Å². The number of rotatable bonds is 0. The predicted molar refractivity (Wildman–Crippen MR) is 65.1 cm³/mol. The Morgan fingerprint density at radius 2 is 1.62 bits per heavy atom. The second-order valence-electron chi connectivity index (χ2n) is 4.35. The molecule has 2 aromatic rings. The number of hydrogen-bond donors (Lipinski definition) is 0. The first-order valence-corrected chi connectivity index (χ1v) is 5.69. The van der Waals surface area contributed by atoms with Crippen molar-refractivity contribution in [2.45, 2.75) is 19.3 Å². The smallest absolute Gasteiger partial charge is 0.130 e. The van der Waals surface area contributed by atoms with E-state index < -0.39 is 0 Å². The quantitative estimate of drug-likeness (QED) is 0.635. The van der Waals surface area contributed by atoms with Crippen LogP contribution in [-0.4, -0.2) is 0 Å². The van der Waals surface area contributed by atoms with Gasteiger partial charge in [0.05, 0.1) is 0 Å². The molecule has 1 aliphatic heterocycles. The van der Waals surface area contributed by atoms with Crippen LogP contribution in [0.1, 0.15) is 24.0 Å². The van der Waals surface area contributed by atoms with Gasteiger partial charge in [-0.1, -0.05) is 43.3 Å². The van der Waals surface area contributed by atoms with Crippen LogP contribution in [0.4, 0.5) is 0 Å². The molecule has 0 aromatic heterocycles. The minimum Gasteiger partial charge on any atom is -0.457 e. The number of para-hydroxylation sites is 2. The van der Waals surface area contributed by atoms with E-state index in [0.717, 1.165) is 17.9 Å². The maximum absolute atomic E-state index is 5.97. The topological polar surface area (TPSA) is 9.23 Å². The average Bonchev–Trinajstić information content (AvgIpc) is 2.45. The van der Waals surface area contributed by atoms with Gasteiger partial charge in [-0.2, -0.15) is 0 Å². The van der Waals surface area contributed by atoms with Gasteiger partial charge in [-0.15, -0.1) is 0 Å². The third-order valence-corrected chi connectivity index (χ3v) is 3.17. The summed E-state index contributed by atoms with van der Waals surface area (Å²) in [5, 5.41) is 0. The summed E-state index contributed by atoms with van der Waals surface area (Å²) >= 11 is 0.